The number of aromatic nitrogens is 1. The zero-order valence-corrected chi connectivity index (χ0v) is 9.40. The number of H-pyrrole nitrogens is 1. The number of ether oxygens (including phenoxy) is 2. The van der Waals surface area contributed by atoms with Gasteiger partial charge in [0.1, 0.15) is 23.3 Å². The van der Waals surface area contributed by atoms with Crippen molar-refractivity contribution >= 4 is 10.9 Å². The van der Waals surface area contributed by atoms with Crippen molar-refractivity contribution in [3.8, 4) is 17.6 Å². The maximum absolute atomic E-state index is 11.9. The lowest BCUT2D eigenvalue weighted by atomic mass is 10.1. The molecule has 1 aromatic heterocycles. The molecule has 0 spiro atoms. The zero-order valence-electron chi connectivity index (χ0n) is 9.40. The summed E-state index contributed by atoms with van der Waals surface area (Å²) in [6, 6.07) is 6.47. The fraction of sp³-hybridized carbons (Fsp3) is 0.167. The van der Waals surface area contributed by atoms with Gasteiger partial charge < -0.3 is 14.5 Å². The van der Waals surface area contributed by atoms with Gasteiger partial charge in [0, 0.05) is 6.07 Å². The number of methoxy groups -OCH3 is 2. The van der Waals surface area contributed by atoms with Crippen LogP contribution in [0.15, 0.2) is 23.0 Å². The van der Waals surface area contributed by atoms with Gasteiger partial charge in [-0.3, -0.25) is 4.79 Å². The van der Waals surface area contributed by atoms with Gasteiger partial charge in [0.05, 0.1) is 25.1 Å². The van der Waals surface area contributed by atoms with Crippen LogP contribution in [-0.2, 0) is 0 Å². The van der Waals surface area contributed by atoms with Gasteiger partial charge in [-0.2, -0.15) is 5.26 Å². The smallest absolute Gasteiger partial charge is 0.194 e. The van der Waals surface area contributed by atoms with Crippen molar-refractivity contribution in [2.75, 3.05) is 14.2 Å². The number of nitrogens with zero attached hydrogens (tertiary/aromatic N) is 1. The Morgan fingerprint density at radius 2 is 1.88 bits per heavy atom. The second-order valence-electron chi connectivity index (χ2n) is 3.38. The average Bonchev–Trinajstić information content (AvgIpc) is 2.37. The highest BCUT2D eigenvalue weighted by molar-refractivity contribution is 5.90. The van der Waals surface area contributed by atoms with E-state index in [0.29, 0.717) is 22.4 Å². The van der Waals surface area contributed by atoms with Crippen molar-refractivity contribution in [2.45, 2.75) is 0 Å². The van der Waals surface area contributed by atoms with Crippen molar-refractivity contribution in [1.82, 2.24) is 4.98 Å². The Balaban J connectivity index is 2.96. The van der Waals surface area contributed by atoms with Gasteiger partial charge in [-0.1, -0.05) is 0 Å². The van der Waals surface area contributed by atoms with Gasteiger partial charge >= 0.3 is 0 Å². The molecule has 0 unspecified atom stereocenters. The van der Waals surface area contributed by atoms with Crippen LogP contribution in [0, 0.1) is 11.3 Å². The van der Waals surface area contributed by atoms with Crippen molar-refractivity contribution in [3.05, 3.63) is 34.1 Å². The van der Waals surface area contributed by atoms with E-state index in [-0.39, 0.29) is 11.1 Å². The fourth-order valence-corrected chi connectivity index (χ4v) is 1.71. The summed E-state index contributed by atoms with van der Waals surface area (Å²) < 4.78 is 10.3. The second-order valence-corrected chi connectivity index (χ2v) is 3.38. The van der Waals surface area contributed by atoms with Gasteiger partial charge in [0.2, 0.25) is 0 Å². The second kappa shape index (κ2) is 4.18. The SMILES string of the molecule is COc1ccc(OC)c2c(=O)cc(C#N)[nH]c12. The van der Waals surface area contributed by atoms with E-state index in [4.69, 9.17) is 14.7 Å². The van der Waals surface area contributed by atoms with E-state index in [2.05, 4.69) is 4.98 Å². The van der Waals surface area contributed by atoms with Crippen LogP contribution in [0.4, 0.5) is 0 Å². The van der Waals surface area contributed by atoms with Gasteiger partial charge in [0.25, 0.3) is 0 Å². The number of hydrogen-bond acceptors (Lipinski definition) is 4. The summed E-state index contributed by atoms with van der Waals surface area (Å²) in [4.78, 5) is 14.7. The van der Waals surface area contributed by atoms with E-state index in [9.17, 15) is 4.79 Å². The number of benzene rings is 1. The first-order valence-electron chi connectivity index (χ1n) is 4.89. The van der Waals surface area contributed by atoms with E-state index in [1.165, 1.54) is 20.3 Å². The van der Waals surface area contributed by atoms with Crippen LogP contribution in [0.1, 0.15) is 5.69 Å². The molecule has 5 nitrogen and oxygen atoms in total. The first-order valence-corrected chi connectivity index (χ1v) is 4.89. The number of rotatable bonds is 2. The molecule has 2 rings (SSSR count). The molecule has 0 radical (unpaired) electrons. The largest absolute Gasteiger partial charge is 0.496 e. The summed E-state index contributed by atoms with van der Waals surface area (Å²) in [6.07, 6.45) is 0. The molecule has 5 heteroatoms. The first-order chi connectivity index (χ1) is 8.21. The van der Waals surface area contributed by atoms with Gasteiger partial charge in [-0.05, 0) is 12.1 Å². The number of pyridine rings is 1. The zero-order chi connectivity index (χ0) is 12.4. The highest BCUT2D eigenvalue weighted by Gasteiger charge is 2.12. The molecule has 0 aliphatic carbocycles. The summed E-state index contributed by atoms with van der Waals surface area (Å²) in [7, 11) is 2.98. The highest BCUT2D eigenvalue weighted by atomic mass is 16.5. The average molecular weight is 230 g/mol. The predicted molar refractivity (Wildman–Crippen MR) is 62.4 cm³/mol. The van der Waals surface area contributed by atoms with Crippen LogP contribution in [0.5, 0.6) is 11.5 Å². The van der Waals surface area contributed by atoms with Crippen LogP contribution < -0.4 is 14.9 Å². The molecular formula is C12H10N2O3. The van der Waals surface area contributed by atoms with Crippen molar-refractivity contribution in [3.63, 3.8) is 0 Å². The van der Waals surface area contributed by atoms with Crippen LogP contribution >= 0.6 is 0 Å². The van der Waals surface area contributed by atoms with Crippen LogP contribution in [0.25, 0.3) is 10.9 Å². The Bertz CT molecular complexity index is 668. The minimum Gasteiger partial charge on any atom is -0.496 e. The molecule has 1 aromatic carbocycles. The summed E-state index contributed by atoms with van der Waals surface area (Å²) >= 11 is 0. The Morgan fingerprint density at radius 3 is 2.47 bits per heavy atom. The Kier molecular flexibility index (Phi) is 2.71. The molecule has 0 atom stereocenters. The normalized spacial score (nSPS) is 9.94. The van der Waals surface area contributed by atoms with Crippen LogP contribution in [0.3, 0.4) is 0 Å². The Labute approximate surface area is 97.2 Å². The third-order valence-corrected chi connectivity index (χ3v) is 2.47. The highest BCUT2D eigenvalue weighted by Crippen LogP contribution is 2.29. The molecule has 0 aliphatic rings. The van der Waals surface area contributed by atoms with Crippen LogP contribution in [-0.4, -0.2) is 19.2 Å². The van der Waals surface area contributed by atoms with Gasteiger partial charge in [-0.15, -0.1) is 0 Å². The Hall–Kier alpha value is -2.48. The minimum atomic E-state index is -0.272. The van der Waals surface area contributed by atoms with Crippen molar-refractivity contribution < 1.29 is 9.47 Å². The lowest BCUT2D eigenvalue weighted by Gasteiger charge is -2.09. The molecule has 0 aliphatic heterocycles. The summed E-state index contributed by atoms with van der Waals surface area (Å²) in [6.45, 7) is 0. The molecule has 0 amide bonds. The first kappa shape index (κ1) is 11.0. The van der Waals surface area contributed by atoms with E-state index >= 15 is 0 Å². The number of aromatic amines is 1. The maximum Gasteiger partial charge on any atom is 0.194 e. The fourth-order valence-electron chi connectivity index (χ4n) is 1.71. The van der Waals surface area contributed by atoms with E-state index in [1.807, 2.05) is 6.07 Å². The van der Waals surface area contributed by atoms with Crippen LogP contribution in [0.2, 0.25) is 0 Å². The molecule has 1 N–H and O–H groups in total. The molecule has 0 bridgehead atoms. The predicted octanol–water partition coefficient (Wildman–Crippen LogP) is 1.42. The quantitative estimate of drug-likeness (QED) is 0.846. The van der Waals surface area contributed by atoms with Gasteiger partial charge in [0.15, 0.2) is 5.43 Å². The lowest BCUT2D eigenvalue weighted by molar-refractivity contribution is 0.409. The Morgan fingerprint density at radius 1 is 1.24 bits per heavy atom. The topological polar surface area (TPSA) is 75.1 Å². The number of fused-ring (bicyclic) bond motifs is 1. The molecular weight excluding hydrogens is 220 g/mol. The third-order valence-electron chi connectivity index (χ3n) is 2.47. The van der Waals surface area contributed by atoms with Crippen molar-refractivity contribution in [2.24, 2.45) is 0 Å². The molecule has 0 fully saturated rings. The molecule has 0 saturated heterocycles. The number of nitrogens with one attached hydrogen (secondary N) is 1. The van der Waals surface area contributed by atoms with Gasteiger partial charge in [-0.25, -0.2) is 0 Å². The van der Waals surface area contributed by atoms with E-state index < -0.39 is 0 Å². The molecule has 17 heavy (non-hydrogen) atoms. The standard InChI is InChI=1S/C12H10N2O3/c1-16-9-3-4-10(17-2)12-11(9)8(15)5-7(6-13)14-12/h3-5H,1-2H3,(H,14,15). The number of hydrogen-bond donors (Lipinski definition) is 1. The molecule has 0 saturated carbocycles. The molecule has 2 aromatic rings. The van der Waals surface area contributed by atoms with E-state index in [1.54, 1.807) is 12.1 Å². The maximum atomic E-state index is 11.9. The molecule has 86 valence electrons. The molecule has 1 heterocycles. The lowest BCUT2D eigenvalue weighted by Crippen LogP contribution is -2.06. The van der Waals surface area contributed by atoms with E-state index in [0.717, 1.165) is 0 Å². The third kappa shape index (κ3) is 1.70. The monoisotopic (exact) mass is 230 g/mol. The summed E-state index contributed by atoms with van der Waals surface area (Å²) in [5.41, 5.74) is 0.385. The summed E-state index contributed by atoms with van der Waals surface area (Å²) in [5, 5.41) is 9.20. The summed E-state index contributed by atoms with van der Waals surface area (Å²) in [5.74, 6) is 0.946. The van der Waals surface area contributed by atoms with Crippen molar-refractivity contribution in [1.29, 1.82) is 5.26 Å². The number of nitriles is 1. The minimum absolute atomic E-state index is 0.189.